The van der Waals surface area contributed by atoms with E-state index in [1.54, 1.807) is 31.5 Å². The molecule has 0 saturated carbocycles. The van der Waals surface area contributed by atoms with Crippen molar-refractivity contribution in [1.82, 2.24) is 10.4 Å². The van der Waals surface area contributed by atoms with E-state index in [2.05, 4.69) is 10.4 Å². The number of rotatable bonds is 4. The maximum Gasteiger partial charge on any atom is 0.130 e. The van der Waals surface area contributed by atoms with Gasteiger partial charge >= 0.3 is 0 Å². The van der Waals surface area contributed by atoms with Crippen LogP contribution in [-0.2, 0) is 6.42 Å². The van der Waals surface area contributed by atoms with Crippen LogP contribution in [0.15, 0.2) is 42.7 Å². The fourth-order valence-electron chi connectivity index (χ4n) is 1.95. The summed E-state index contributed by atoms with van der Waals surface area (Å²) in [6.45, 7) is 1.75. The summed E-state index contributed by atoms with van der Waals surface area (Å²) in [6.07, 6.45) is 4.07. The summed E-state index contributed by atoms with van der Waals surface area (Å²) in [7, 11) is 0. The van der Waals surface area contributed by atoms with E-state index >= 15 is 0 Å². The molecule has 1 aromatic carbocycles. The van der Waals surface area contributed by atoms with E-state index < -0.39 is 0 Å². The Balaban J connectivity index is 2.26. The van der Waals surface area contributed by atoms with Crippen molar-refractivity contribution in [3.05, 3.63) is 65.2 Å². The van der Waals surface area contributed by atoms with Crippen LogP contribution in [0.2, 0.25) is 0 Å². The fourth-order valence-corrected chi connectivity index (χ4v) is 1.95. The summed E-state index contributed by atoms with van der Waals surface area (Å²) >= 11 is 0. The average molecular weight is 245 g/mol. The zero-order valence-corrected chi connectivity index (χ0v) is 10.2. The van der Waals surface area contributed by atoms with Crippen molar-refractivity contribution in [2.45, 2.75) is 19.4 Å². The molecule has 4 heteroatoms. The Morgan fingerprint density at radius 3 is 2.83 bits per heavy atom. The molecule has 1 atom stereocenters. The molecule has 2 rings (SSSR count). The molecular formula is C14H16FN3. The predicted molar refractivity (Wildman–Crippen MR) is 69.1 cm³/mol. The molecule has 1 aromatic heterocycles. The van der Waals surface area contributed by atoms with Crippen molar-refractivity contribution in [2.24, 2.45) is 5.84 Å². The molecule has 0 radical (unpaired) electrons. The van der Waals surface area contributed by atoms with Gasteiger partial charge in [0.15, 0.2) is 0 Å². The molecule has 1 unspecified atom stereocenters. The summed E-state index contributed by atoms with van der Waals surface area (Å²) in [5.74, 6) is 5.33. The smallest absolute Gasteiger partial charge is 0.130 e. The van der Waals surface area contributed by atoms with E-state index in [0.717, 1.165) is 5.56 Å². The van der Waals surface area contributed by atoms with Crippen LogP contribution in [0, 0.1) is 12.7 Å². The SMILES string of the molecule is Cc1cccc(C(Cc2cccnc2)NN)c1F. The molecule has 18 heavy (non-hydrogen) atoms. The van der Waals surface area contributed by atoms with Gasteiger partial charge in [-0.3, -0.25) is 16.3 Å². The number of pyridine rings is 1. The van der Waals surface area contributed by atoms with Gasteiger partial charge in [0, 0.05) is 18.0 Å². The zero-order chi connectivity index (χ0) is 13.0. The zero-order valence-electron chi connectivity index (χ0n) is 10.2. The second-order valence-electron chi connectivity index (χ2n) is 4.26. The summed E-state index contributed by atoms with van der Waals surface area (Å²) < 4.78 is 14.0. The molecule has 1 heterocycles. The van der Waals surface area contributed by atoms with Crippen LogP contribution in [0.25, 0.3) is 0 Å². The lowest BCUT2D eigenvalue weighted by molar-refractivity contribution is 0.507. The Labute approximate surface area is 106 Å². The van der Waals surface area contributed by atoms with Gasteiger partial charge in [0.1, 0.15) is 5.82 Å². The molecule has 3 N–H and O–H groups in total. The van der Waals surface area contributed by atoms with Crippen LogP contribution in [0.5, 0.6) is 0 Å². The number of nitrogens with zero attached hydrogens (tertiary/aromatic N) is 1. The minimum absolute atomic E-state index is 0.204. The van der Waals surface area contributed by atoms with Crippen molar-refractivity contribution >= 4 is 0 Å². The van der Waals surface area contributed by atoms with Gasteiger partial charge < -0.3 is 0 Å². The number of halogens is 1. The quantitative estimate of drug-likeness (QED) is 0.642. The van der Waals surface area contributed by atoms with Crippen LogP contribution in [0.3, 0.4) is 0 Å². The highest BCUT2D eigenvalue weighted by Crippen LogP contribution is 2.22. The van der Waals surface area contributed by atoms with Crippen molar-refractivity contribution in [1.29, 1.82) is 0 Å². The standard InChI is InChI=1S/C14H16FN3/c1-10-4-2-6-12(14(10)15)13(18-16)8-11-5-3-7-17-9-11/h2-7,9,13,18H,8,16H2,1H3. The molecule has 0 aliphatic rings. The molecule has 0 fully saturated rings. The van der Waals surface area contributed by atoms with Gasteiger partial charge in [-0.2, -0.15) is 0 Å². The van der Waals surface area contributed by atoms with Crippen LogP contribution < -0.4 is 11.3 Å². The number of nitrogens with one attached hydrogen (secondary N) is 1. The average Bonchev–Trinajstić information content (AvgIpc) is 2.41. The highest BCUT2D eigenvalue weighted by molar-refractivity contribution is 5.29. The maximum atomic E-state index is 14.0. The van der Waals surface area contributed by atoms with Gasteiger partial charge in [0.2, 0.25) is 0 Å². The van der Waals surface area contributed by atoms with Gasteiger partial charge in [-0.25, -0.2) is 4.39 Å². The number of aryl methyl sites for hydroxylation is 1. The fraction of sp³-hybridized carbons (Fsp3) is 0.214. The summed E-state index contributed by atoms with van der Waals surface area (Å²) in [4.78, 5) is 4.04. The lowest BCUT2D eigenvalue weighted by Crippen LogP contribution is -2.30. The van der Waals surface area contributed by atoms with Gasteiger partial charge in [-0.15, -0.1) is 0 Å². The van der Waals surface area contributed by atoms with E-state index in [1.807, 2.05) is 18.2 Å². The molecule has 0 aliphatic heterocycles. The normalized spacial score (nSPS) is 12.4. The Morgan fingerprint density at radius 2 is 2.17 bits per heavy atom. The van der Waals surface area contributed by atoms with Crippen molar-refractivity contribution in [3.63, 3.8) is 0 Å². The molecule has 0 bridgehead atoms. The first-order valence-electron chi connectivity index (χ1n) is 5.82. The van der Waals surface area contributed by atoms with E-state index in [-0.39, 0.29) is 11.9 Å². The first kappa shape index (κ1) is 12.7. The number of aromatic nitrogens is 1. The summed E-state index contributed by atoms with van der Waals surface area (Å²) in [6, 6.07) is 8.89. The van der Waals surface area contributed by atoms with Crippen molar-refractivity contribution in [2.75, 3.05) is 0 Å². The molecular weight excluding hydrogens is 229 g/mol. The molecule has 3 nitrogen and oxygen atoms in total. The molecule has 0 aliphatic carbocycles. The minimum atomic E-state index is -0.255. The molecule has 94 valence electrons. The minimum Gasteiger partial charge on any atom is -0.271 e. The molecule has 0 spiro atoms. The number of hydrazine groups is 1. The van der Waals surface area contributed by atoms with E-state index in [4.69, 9.17) is 5.84 Å². The lowest BCUT2D eigenvalue weighted by atomic mass is 9.98. The Kier molecular flexibility index (Phi) is 4.02. The Bertz CT molecular complexity index is 514. The first-order chi connectivity index (χ1) is 8.72. The van der Waals surface area contributed by atoms with Crippen molar-refractivity contribution in [3.8, 4) is 0 Å². The van der Waals surface area contributed by atoms with Crippen LogP contribution >= 0.6 is 0 Å². The van der Waals surface area contributed by atoms with Gasteiger partial charge in [0.05, 0.1) is 6.04 Å². The van der Waals surface area contributed by atoms with E-state index in [9.17, 15) is 4.39 Å². The topological polar surface area (TPSA) is 50.9 Å². The third kappa shape index (κ3) is 2.72. The summed E-state index contributed by atoms with van der Waals surface area (Å²) in [5, 5.41) is 0. The van der Waals surface area contributed by atoms with Crippen LogP contribution in [0.4, 0.5) is 4.39 Å². The number of hydrogen-bond acceptors (Lipinski definition) is 3. The van der Waals surface area contributed by atoms with Gasteiger partial charge in [-0.1, -0.05) is 24.3 Å². The van der Waals surface area contributed by atoms with Gasteiger partial charge in [0.25, 0.3) is 0 Å². The van der Waals surface area contributed by atoms with E-state index in [0.29, 0.717) is 17.5 Å². The third-order valence-electron chi connectivity index (χ3n) is 2.96. The Morgan fingerprint density at radius 1 is 1.33 bits per heavy atom. The predicted octanol–water partition coefficient (Wildman–Crippen LogP) is 2.28. The van der Waals surface area contributed by atoms with Gasteiger partial charge in [-0.05, 0) is 30.5 Å². The van der Waals surface area contributed by atoms with Crippen LogP contribution in [-0.4, -0.2) is 4.98 Å². The van der Waals surface area contributed by atoms with Crippen LogP contribution in [0.1, 0.15) is 22.7 Å². The maximum absolute atomic E-state index is 14.0. The number of nitrogens with two attached hydrogens (primary N) is 1. The van der Waals surface area contributed by atoms with Crippen molar-refractivity contribution < 1.29 is 4.39 Å². The molecule has 2 aromatic rings. The summed E-state index contributed by atoms with van der Waals surface area (Å²) in [5.41, 5.74) is 4.89. The first-order valence-corrected chi connectivity index (χ1v) is 5.82. The Hall–Kier alpha value is -1.78. The third-order valence-corrected chi connectivity index (χ3v) is 2.96. The number of benzene rings is 1. The lowest BCUT2D eigenvalue weighted by Gasteiger charge is -2.17. The molecule has 0 saturated heterocycles. The largest absolute Gasteiger partial charge is 0.271 e. The van der Waals surface area contributed by atoms with E-state index in [1.165, 1.54) is 0 Å². The second-order valence-corrected chi connectivity index (χ2v) is 4.26. The molecule has 0 amide bonds. The second kappa shape index (κ2) is 5.71. The highest BCUT2D eigenvalue weighted by Gasteiger charge is 2.16. The monoisotopic (exact) mass is 245 g/mol. The number of hydrogen-bond donors (Lipinski definition) is 2. The highest BCUT2D eigenvalue weighted by atomic mass is 19.1.